The van der Waals surface area contributed by atoms with E-state index in [2.05, 4.69) is 109 Å². The van der Waals surface area contributed by atoms with E-state index in [-0.39, 0.29) is 0 Å². The van der Waals surface area contributed by atoms with E-state index in [0.29, 0.717) is 5.75 Å². The van der Waals surface area contributed by atoms with E-state index in [4.69, 9.17) is 0 Å². The molecule has 2 aliphatic rings. The summed E-state index contributed by atoms with van der Waals surface area (Å²) in [5, 5.41) is 12.5. The molecule has 0 aromatic heterocycles. The van der Waals surface area contributed by atoms with Gasteiger partial charge in [0.2, 0.25) is 0 Å². The average Bonchev–Trinajstić information content (AvgIpc) is 2.64. The third-order valence-corrected chi connectivity index (χ3v) is 7.47. The maximum absolute atomic E-state index is 10.1. The fraction of sp³-hybridized carbons (Fsp3) is 0. The van der Waals surface area contributed by atoms with Gasteiger partial charge in [-0.3, -0.25) is 0 Å². The number of phenolic OH excluding ortho intramolecular Hbond substituents is 1. The fourth-order valence-electron chi connectivity index (χ4n) is 1.99. The molecule has 0 atom stereocenters. The lowest BCUT2D eigenvalue weighted by molar-refractivity contribution is 0.469. The van der Waals surface area contributed by atoms with Gasteiger partial charge in [-0.2, -0.15) is 0 Å². The molecule has 0 spiro atoms. The Bertz CT molecular complexity index is 750. The molecule has 3 rings (SSSR count). The van der Waals surface area contributed by atoms with Gasteiger partial charge < -0.3 is 5.11 Å². The number of halogens is 4. The maximum atomic E-state index is 10.1. The molecular weight excluding hydrogens is 700 g/mol. The van der Waals surface area contributed by atoms with Crippen LogP contribution in [0.3, 0.4) is 0 Å². The molecule has 0 radical (unpaired) electrons. The van der Waals surface area contributed by atoms with Gasteiger partial charge in [0, 0.05) is 10.9 Å². The monoisotopic (exact) mass is 704 g/mol. The second-order valence-electron chi connectivity index (χ2n) is 3.78. The average molecular weight is 704 g/mol. The van der Waals surface area contributed by atoms with Crippen molar-refractivity contribution in [3.05, 3.63) is 31.1 Å². The SMILES string of the molecule is Oc1c(I)cc2cc3cc(I)sc(I)c-3c2c1I. The molecule has 1 aliphatic carbocycles. The van der Waals surface area contributed by atoms with Gasteiger partial charge in [-0.1, -0.05) is 0 Å². The van der Waals surface area contributed by atoms with Crippen molar-refractivity contribution in [3.63, 3.8) is 0 Å². The minimum absolute atomic E-state index is 0.399. The highest BCUT2D eigenvalue weighted by atomic mass is 127. The molecule has 1 aliphatic heterocycles. The summed E-state index contributed by atoms with van der Waals surface area (Å²) in [6.07, 6.45) is 0. The zero-order valence-electron chi connectivity index (χ0n) is 8.60. The highest BCUT2D eigenvalue weighted by molar-refractivity contribution is 14.1. The van der Waals surface area contributed by atoms with Crippen LogP contribution in [-0.2, 0) is 0 Å². The van der Waals surface area contributed by atoms with Crippen molar-refractivity contribution in [2.75, 3.05) is 0 Å². The molecule has 1 nitrogen and oxygen atoms in total. The molecule has 1 N–H and O–H groups in total. The van der Waals surface area contributed by atoms with E-state index in [9.17, 15) is 5.11 Å². The number of hydrogen-bond acceptors (Lipinski definition) is 2. The van der Waals surface area contributed by atoms with Gasteiger partial charge in [0.25, 0.3) is 0 Å². The van der Waals surface area contributed by atoms with E-state index >= 15 is 0 Å². The van der Waals surface area contributed by atoms with Gasteiger partial charge in [-0.25, -0.2) is 0 Å². The summed E-state index contributed by atoms with van der Waals surface area (Å²) in [5.74, 6) is 0.399. The minimum Gasteiger partial charge on any atom is -0.506 e. The van der Waals surface area contributed by atoms with Crippen LogP contribution in [0.5, 0.6) is 5.75 Å². The van der Waals surface area contributed by atoms with E-state index < -0.39 is 0 Å². The zero-order chi connectivity index (χ0) is 13.0. The molecular formula is C12H4I4OS. The molecule has 0 amide bonds. The fourth-order valence-corrected chi connectivity index (χ4v) is 8.22. The van der Waals surface area contributed by atoms with Crippen LogP contribution < -0.4 is 0 Å². The normalized spacial score (nSPS) is 11.6. The first-order valence-electron chi connectivity index (χ1n) is 4.87. The predicted octanol–water partition coefficient (Wildman–Crippen LogP) is 6.13. The highest BCUT2D eigenvalue weighted by Gasteiger charge is 2.20. The first kappa shape index (κ1) is 14.3. The Balaban J connectivity index is 2.57. The topological polar surface area (TPSA) is 20.2 Å². The number of rotatable bonds is 0. The smallest absolute Gasteiger partial charge is 0.142 e. The third-order valence-electron chi connectivity index (χ3n) is 2.73. The van der Waals surface area contributed by atoms with Crippen LogP contribution in [0.15, 0.2) is 18.2 Å². The van der Waals surface area contributed by atoms with Gasteiger partial charge in [0.1, 0.15) is 5.75 Å². The summed E-state index contributed by atoms with van der Waals surface area (Å²) in [5.41, 5.74) is 2.53. The Kier molecular flexibility index (Phi) is 4.21. The van der Waals surface area contributed by atoms with Crippen molar-refractivity contribution < 1.29 is 5.11 Å². The molecule has 1 heterocycles. The standard InChI is InChI=1S/C12H4I4OS/c13-6-2-4-1-5-3-7(14)18-12(16)9(5)8(4)10(15)11(6)17/h1-3,17H. The molecule has 1 aromatic carbocycles. The van der Waals surface area contributed by atoms with Crippen LogP contribution in [0.1, 0.15) is 0 Å². The maximum Gasteiger partial charge on any atom is 0.142 e. The second kappa shape index (κ2) is 5.30. The van der Waals surface area contributed by atoms with Crippen molar-refractivity contribution >= 4 is 112 Å². The molecule has 0 saturated carbocycles. The number of hydrogen-bond donors (Lipinski definition) is 1. The molecule has 92 valence electrons. The first-order chi connectivity index (χ1) is 8.49. The summed E-state index contributed by atoms with van der Waals surface area (Å²) in [6, 6.07) is 6.48. The van der Waals surface area contributed by atoms with Crippen molar-refractivity contribution in [1.29, 1.82) is 0 Å². The van der Waals surface area contributed by atoms with Gasteiger partial charge in [0.15, 0.2) is 0 Å². The Hall–Kier alpha value is 1.38. The number of fused-ring (bicyclic) bond motifs is 3. The summed E-state index contributed by atoms with van der Waals surface area (Å²) >= 11 is 11.0. The van der Waals surface area contributed by atoms with Crippen molar-refractivity contribution in [2.24, 2.45) is 0 Å². The molecule has 0 saturated heterocycles. The van der Waals surface area contributed by atoms with E-state index in [1.807, 2.05) is 0 Å². The van der Waals surface area contributed by atoms with E-state index in [1.165, 1.54) is 27.7 Å². The molecule has 0 fully saturated rings. The van der Waals surface area contributed by atoms with Crippen LogP contribution in [0.4, 0.5) is 0 Å². The molecule has 1 aromatic rings. The molecule has 0 bridgehead atoms. The lowest BCUT2D eigenvalue weighted by atomic mass is 10.1. The Morgan fingerprint density at radius 1 is 1.00 bits per heavy atom. The van der Waals surface area contributed by atoms with Gasteiger partial charge in [-0.05, 0) is 120 Å². The predicted molar refractivity (Wildman–Crippen MR) is 111 cm³/mol. The molecule has 6 heteroatoms. The minimum atomic E-state index is 0.399. The highest BCUT2D eigenvalue weighted by Crippen LogP contribution is 2.45. The number of phenols is 1. The van der Waals surface area contributed by atoms with E-state index in [0.717, 1.165) is 7.14 Å². The van der Waals surface area contributed by atoms with Crippen molar-refractivity contribution in [1.82, 2.24) is 0 Å². The van der Waals surface area contributed by atoms with Gasteiger partial charge >= 0.3 is 0 Å². The van der Waals surface area contributed by atoms with Crippen LogP contribution in [-0.4, -0.2) is 5.11 Å². The number of aromatic hydroxyl groups is 1. The summed E-state index contributed by atoms with van der Waals surface area (Å²) < 4.78 is 4.43. The summed E-state index contributed by atoms with van der Waals surface area (Å²) in [4.78, 5) is 0. The first-order valence-corrected chi connectivity index (χ1v) is 10.0. The summed E-state index contributed by atoms with van der Waals surface area (Å²) in [7, 11) is 0. The van der Waals surface area contributed by atoms with Gasteiger partial charge in [0.05, 0.1) is 12.9 Å². The van der Waals surface area contributed by atoms with Gasteiger partial charge in [-0.15, -0.1) is 11.3 Å². The third kappa shape index (κ3) is 2.26. The molecule has 0 unspecified atom stereocenters. The Morgan fingerprint density at radius 2 is 1.72 bits per heavy atom. The van der Waals surface area contributed by atoms with Crippen LogP contribution >= 0.6 is 102 Å². The van der Waals surface area contributed by atoms with Crippen LogP contribution in [0, 0.1) is 12.9 Å². The summed E-state index contributed by atoms with van der Waals surface area (Å²) in [6.45, 7) is 0. The van der Waals surface area contributed by atoms with Crippen molar-refractivity contribution in [2.45, 2.75) is 0 Å². The zero-order valence-corrected chi connectivity index (χ0v) is 18.0. The second-order valence-corrected chi connectivity index (χ2v) is 10.8. The van der Waals surface area contributed by atoms with Crippen molar-refractivity contribution in [3.8, 4) is 16.9 Å². The largest absolute Gasteiger partial charge is 0.506 e. The van der Waals surface area contributed by atoms with Crippen LogP contribution in [0.2, 0.25) is 0 Å². The lowest BCUT2D eigenvalue weighted by Crippen LogP contribution is -1.84. The van der Waals surface area contributed by atoms with E-state index in [1.54, 1.807) is 11.3 Å². The van der Waals surface area contributed by atoms with Crippen LogP contribution in [0.25, 0.3) is 21.9 Å². The number of benzene rings is 1. The quantitative estimate of drug-likeness (QED) is 0.280. The Labute approximate surface area is 163 Å². The molecule has 18 heavy (non-hydrogen) atoms. The lowest BCUT2D eigenvalue weighted by Gasteiger charge is -2.07. The Morgan fingerprint density at radius 3 is 2.44 bits per heavy atom.